The van der Waals surface area contributed by atoms with Gasteiger partial charge in [0.15, 0.2) is 0 Å². The van der Waals surface area contributed by atoms with Crippen LogP contribution in [0.25, 0.3) is 0 Å². The maximum atomic E-state index is 5.81. The molecular formula is C11H26N2. The van der Waals surface area contributed by atoms with Crippen molar-refractivity contribution in [1.29, 1.82) is 0 Å². The highest BCUT2D eigenvalue weighted by Crippen LogP contribution is 2.02. The largest absolute Gasteiger partial charge is 0.269 e. The third-order valence-corrected chi connectivity index (χ3v) is 2.35. The number of rotatable bonds is 9. The van der Waals surface area contributed by atoms with Crippen LogP contribution >= 0.6 is 0 Å². The highest BCUT2D eigenvalue weighted by atomic mass is 15.4. The van der Waals surface area contributed by atoms with Crippen LogP contribution in [0, 0.1) is 0 Å². The maximum absolute atomic E-state index is 5.81. The van der Waals surface area contributed by atoms with Gasteiger partial charge in [-0.05, 0) is 12.8 Å². The number of hydrogen-bond donors (Lipinski definition) is 1. The second kappa shape index (κ2) is 10.0. The lowest BCUT2D eigenvalue weighted by molar-refractivity contribution is 0.271. The molecule has 0 aliphatic rings. The molecule has 0 rings (SSSR count). The molecule has 2 heteroatoms. The minimum atomic E-state index is 1.06. The van der Waals surface area contributed by atoms with Gasteiger partial charge in [-0.25, -0.2) is 5.01 Å². The van der Waals surface area contributed by atoms with Gasteiger partial charge < -0.3 is 0 Å². The molecule has 0 aromatic carbocycles. The van der Waals surface area contributed by atoms with Crippen molar-refractivity contribution in [2.24, 2.45) is 5.84 Å². The van der Waals surface area contributed by atoms with Gasteiger partial charge in [-0.3, -0.25) is 5.84 Å². The SMILES string of the molecule is CCCCCCCN(N)CCCC. The zero-order valence-electron chi connectivity index (χ0n) is 9.39. The van der Waals surface area contributed by atoms with Gasteiger partial charge in [0.1, 0.15) is 0 Å². The van der Waals surface area contributed by atoms with E-state index in [-0.39, 0.29) is 0 Å². The quantitative estimate of drug-likeness (QED) is 0.341. The number of unbranched alkanes of at least 4 members (excludes halogenated alkanes) is 5. The van der Waals surface area contributed by atoms with Gasteiger partial charge in [0.25, 0.3) is 0 Å². The molecule has 0 saturated heterocycles. The lowest BCUT2D eigenvalue weighted by atomic mass is 10.1. The highest BCUT2D eigenvalue weighted by molar-refractivity contribution is 4.50. The Labute approximate surface area is 83.5 Å². The van der Waals surface area contributed by atoms with Crippen LogP contribution in [0.3, 0.4) is 0 Å². The van der Waals surface area contributed by atoms with Crippen molar-refractivity contribution >= 4 is 0 Å². The van der Waals surface area contributed by atoms with E-state index in [2.05, 4.69) is 13.8 Å². The Hall–Kier alpha value is -0.0800. The van der Waals surface area contributed by atoms with E-state index in [1.54, 1.807) is 0 Å². The fourth-order valence-corrected chi connectivity index (χ4v) is 1.39. The molecule has 0 spiro atoms. The Morgan fingerprint density at radius 3 is 1.92 bits per heavy atom. The zero-order valence-corrected chi connectivity index (χ0v) is 9.39. The van der Waals surface area contributed by atoms with E-state index in [0.29, 0.717) is 0 Å². The van der Waals surface area contributed by atoms with Gasteiger partial charge in [0.2, 0.25) is 0 Å². The number of nitrogens with zero attached hydrogens (tertiary/aromatic N) is 1. The first-order chi connectivity index (χ1) is 6.31. The van der Waals surface area contributed by atoms with Gasteiger partial charge >= 0.3 is 0 Å². The minimum Gasteiger partial charge on any atom is -0.269 e. The normalized spacial score (nSPS) is 11.1. The molecule has 13 heavy (non-hydrogen) atoms. The number of hydrogen-bond acceptors (Lipinski definition) is 2. The predicted molar refractivity (Wildman–Crippen MR) is 59.4 cm³/mol. The smallest absolute Gasteiger partial charge is 0.0128 e. The van der Waals surface area contributed by atoms with Crippen LogP contribution in [0.2, 0.25) is 0 Å². The summed E-state index contributed by atoms with van der Waals surface area (Å²) in [7, 11) is 0. The van der Waals surface area contributed by atoms with Crippen molar-refractivity contribution in [2.45, 2.75) is 58.8 Å². The summed E-state index contributed by atoms with van der Waals surface area (Å²) in [5.74, 6) is 5.81. The van der Waals surface area contributed by atoms with Crippen LogP contribution in [-0.4, -0.2) is 18.1 Å². The number of hydrazine groups is 1. The Kier molecular flexibility index (Phi) is 9.94. The lowest BCUT2D eigenvalue weighted by Crippen LogP contribution is -2.32. The molecule has 80 valence electrons. The summed E-state index contributed by atoms with van der Waals surface area (Å²) in [6, 6.07) is 0. The van der Waals surface area contributed by atoms with Gasteiger partial charge in [-0.1, -0.05) is 46.0 Å². The average Bonchev–Trinajstić information content (AvgIpc) is 2.14. The average molecular weight is 186 g/mol. The van der Waals surface area contributed by atoms with Crippen LogP contribution in [0.15, 0.2) is 0 Å². The third kappa shape index (κ3) is 9.84. The minimum absolute atomic E-state index is 1.06. The Bertz CT molecular complexity index is 94.1. The van der Waals surface area contributed by atoms with Gasteiger partial charge in [-0.2, -0.15) is 0 Å². The summed E-state index contributed by atoms with van der Waals surface area (Å²) in [5.41, 5.74) is 0. The van der Waals surface area contributed by atoms with Crippen LogP contribution < -0.4 is 5.84 Å². The molecule has 0 atom stereocenters. The topological polar surface area (TPSA) is 29.3 Å². The molecule has 0 amide bonds. The summed E-state index contributed by atoms with van der Waals surface area (Å²) in [5, 5.41) is 1.97. The molecule has 0 aliphatic carbocycles. The summed E-state index contributed by atoms with van der Waals surface area (Å²) in [6.07, 6.45) is 9.14. The van der Waals surface area contributed by atoms with Gasteiger partial charge in [0, 0.05) is 13.1 Å². The summed E-state index contributed by atoms with van der Waals surface area (Å²) >= 11 is 0. The molecule has 0 heterocycles. The van der Waals surface area contributed by atoms with E-state index >= 15 is 0 Å². The molecular weight excluding hydrogens is 160 g/mol. The molecule has 0 aliphatic heterocycles. The Morgan fingerprint density at radius 1 is 0.769 bits per heavy atom. The fourth-order valence-electron chi connectivity index (χ4n) is 1.39. The highest BCUT2D eigenvalue weighted by Gasteiger charge is 1.96. The second-order valence-electron chi connectivity index (χ2n) is 3.80. The summed E-state index contributed by atoms with van der Waals surface area (Å²) in [4.78, 5) is 0. The van der Waals surface area contributed by atoms with E-state index < -0.39 is 0 Å². The van der Waals surface area contributed by atoms with E-state index in [4.69, 9.17) is 5.84 Å². The Balaban J connectivity index is 3.03. The lowest BCUT2D eigenvalue weighted by Gasteiger charge is -2.15. The van der Waals surface area contributed by atoms with Gasteiger partial charge in [-0.15, -0.1) is 0 Å². The molecule has 0 radical (unpaired) electrons. The van der Waals surface area contributed by atoms with E-state index in [1.807, 2.05) is 5.01 Å². The zero-order chi connectivity index (χ0) is 9.94. The molecule has 0 saturated carbocycles. The van der Waals surface area contributed by atoms with Crippen molar-refractivity contribution in [1.82, 2.24) is 5.01 Å². The first-order valence-electron chi connectivity index (χ1n) is 5.80. The first kappa shape index (κ1) is 12.9. The van der Waals surface area contributed by atoms with Crippen LogP contribution in [-0.2, 0) is 0 Å². The van der Waals surface area contributed by atoms with E-state index in [0.717, 1.165) is 13.1 Å². The maximum Gasteiger partial charge on any atom is 0.0128 e. The summed E-state index contributed by atoms with van der Waals surface area (Å²) < 4.78 is 0. The third-order valence-electron chi connectivity index (χ3n) is 2.35. The van der Waals surface area contributed by atoms with Crippen LogP contribution in [0.4, 0.5) is 0 Å². The molecule has 0 aromatic rings. The fraction of sp³-hybridized carbons (Fsp3) is 1.00. The Morgan fingerprint density at radius 2 is 1.31 bits per heavy atom. The molecule has 0 unspecified atom stereocenters. The van der Waals surface area contributed by atoms with Crippen LogP contribution in [0.1, 0.15) is 58.8 Å². The van der Waals surface area contributed by atoms with Crippen molar-refractivity contribution in [3.8, 4) is 0 Å². The van der Waals surface area contributed by atoms with E-state index in [9.17, 15) is 0 Å². The van der Waals surface area contributed by atoms with Crippen molar-refractivity contribution in [3.05, 3.63) is 0 Å². The van der Waals surface area contributed by atoms with Crippen molar-refractivity contribution in [3.63, 3.8) is 0 Å². The first-order valence-corrected chi connectivity index (χ1v) is 5.80. The second-order valence-corrected chi connectivity index (χ2v) is 3.80. The van der Waals surface area contributed by atoms with Crippen molar-refractivity contribution in [2.75, 3.05) is 13.1 Å². The summed E-state index contributed by atoms with van der Waals surface area (Å²) in [6.45, 7) is 6.58. The van der Waals surface area contributed by atoms with Crippen LogP contribution in [0.5, 0.6) is 0 Å². The predicted octanol–water partition coefficient (Wildman–Crippen LogP) is 2.93. The number of nitrogens with two attached hydrogens (primary N) is 1. The molecule has 0 aromatic heterocycles. The molecule has 2 nitrogen and oxygen atoms in total. The molecule has 0 bridgehead atoms. The molecule has 0 fully saturated rings. The molecule has 2 N–H and O–H groups in total. The van der Waals surface area contributed by atoms with E-state index in [1.165, 1.54) is 44.9 Å². The van der Waals surface area contributed by atoms with Crippen molar-refractivity contribution < 1.29 is 0 Å². The standard InChI is InChI=1S/C11H26N2/c1-3-5-7-8-9-11-13(12)10-6-4-2/h3-12H2,1-2H3. The monoisotopic (exact) mass is 186 g/mol. The van der Waals surface area contributed by atoms with Gasteiger partial charge in [0.05, 0.1) is 0 Å².